The number of hydrogen-bond acceptors (Lipinski definition) is 2. The van der Waals surface area contributed by atoms with Gasteiger partial charge in [0.1, 0.15) is 5.82 Å². The molecule has 4 heteroatoms. The Balaban J connectivity index is 2.24. The Morgan fingerprint density at radius 1 is 1.38 bits per heavy atom. The van der Waals surface area contributed by atoms with Crippen molar-refractivity contribution < 1.29 is 13.6 Å². The predicted molar refractivity (Wildman–Crippen MR) is 60.8 cm³/mol. The number of Topliss-reactive ketones (excluding diaryl/α,β-unsaturated/α-hetero) is 1. The molecule has 82 valence electrons. The highest BCUT2D eigenvalue weighted by Gasteiger charge is 2.13. The fourth-order valence-electron chi connectivity index (χ4n) is 1.39. The highest BCUT2D eigenvalue weighted by molar-refractivity contribution is 9.10. The van der Waals surface area contributed by atoms with Crippen LogP contribution in [0.1, 0.15) is 15.9 Å². The molecule has 1 heterocycles. The first-order valence-electron chi connectivity index (χ1n) is 4.67. The molecular formula is C12H8BrFO2. The fourth-order valence-corrected chi connectivity index (χ4v) is 1.88. The van der Waals surface area contributed by atoms with Crippen LogP contribution in [-0.2, 0) is 6.42 Å². The average Bonchev–Trinajstić information content (AvgIpc) is 2.74. The second-order valence-corrected chi connectivity index (χ2v) is 4.13. The molecule has 0 atom stereocenters. The van der Waals surface area contributed by atoms with E-state index in [-0.39, 0.29) is 16.7 Å². The summed E-state index contributed by atoms with van der Waals surface area (Å²) in [6.07, 6.45) is 3.22. The van der Waals surface area contributed by atoms with Crippen molar-refractivity contribution in [2.75, 3.05) is 0 Å². The molecule has 0 N–H and O–H groups in total. The average molecular weight is 283 g/mol. The van der Waals surface area contributed by atoms with Crippen molar-refractivity contribution in [1.29, 1.82) is 0 Å². The van der Waals surface area contributed by atoms with Crippen molar-refractivity contribution in [3.05, 3.63) is 58.2 Å². The van der Waals surface area contributed by atoms with Crippen molar-refractivity contribution in [2.45, 2.75) is 6.42 Å². The SMILES string of the molecule is O=C(Cc1ccoc1)c1cccc(F)c1Br. The molecule has 2 aromatic rings. The molecular weight excluding hydrogens is 275 g/mol. The quantitative estimate of drug-likeness (QED) is 0.805. The Bertz CT molecular complexity index is 506. The van der Waals surface area contributed by atoms with Crippen LogP contribution in [0.2, 0.25) is 0 Å². The molecule has 0 spiro atoms. The molecule has 2 rings (SSSR count). The number of benzene rings is 1. The van der Waals surface area contributed by atoms with E-state index >= 15 is 0 Å². The lowest BCUT2D eigenvalue weighted by Crippen LogP contribution is -2.04. The number of rotatable bonds is 3. The van der Waals surface area contributed by atoms with Gasteiger partial charge in [-0.2, -0.15) is 0 Å². The van der Waals surface area contributed by atoms with Gasteiger partial charge in [0.15, 0.2) is 5.78 Å². The topological polar surface area (TPSA) is 30.2 Å². The Labute approximate surface area is 100 Å². The van der Waals surface area contributed by atoms with Gasteiger partial charge in [0.05, 0.1) is 17.0 Å². The van der Waals surface area contributed by atoms with Gasteiger partial charge in [-0.05, 0) is 33.6 Å². The van der Waals surface area contributed by atoms with Gasteiger partial charge in [0.25, 0.3) is 0 Å². The summed E-state index contributed by atoms with van der Waals surface area (Å²) in [5.74, 6) is -0.578. The van der Waals surface area contributed by atoms with Crippen molar-refractivity contribution in [3.8, 4) is 0 Å². The van der Waals surface area contributed by atoms with Gasteiger partial charge in [-0.1, -0.05) is 12.1 Å². The van der Waals surface area contributed by atoms with Crippen LogP contribution in [0.5, 0.6) is 0 Å². The van der Waals surface area contributed by atoms with Crippen LogP contribution in [0.3, 0.4) is 0 Å². The van der Waals surface area contributed by atoms with Gasteiger partial charge in [-0.3, -0.25) is 4.79 Å². The summed E-state index contributed by atoms with van der Waals surface area (Å²) < 4.78 is 18.3. The maximum Gasteiger partial charge on any atom is 0.168 e. The molecule has 0 saturated heterocycles. The zero-order valence-electron chi connectivity index (χ0n) is 8.24. The summed E-state index contributed by atoms with van der Waals surface area (Å²) in [5, 5.41) is 0. The lowest BCUT2D eigenvalue weighted by Gasteiger charge is -2.03. The van der Waals surface area contributed by atoms with Gasteiger partial charge in [0, 0.05) is 12.0 Å². The smallest absolute Gasteiger partial charge is 0.168 e. The van der Waals surface area contributed by atoms with Crippen LogP contribution in [0.4, 0.5) is 4.39 Å². The molecule has 1 aromatic carbocycles. The molecule has 0 radical (unpaired) electrons. The van der Waals surface area contributed by atoms with E-state index in [1.165, 1.54) is 24.7 Å². The molecule has 0 unspecified atom stereocenters. The Morgan fingerprint density at radius 3 is 2.88 bits per heavy atom. The van der Waals surface area contributed by atoms with Crippen molar-refractivity contribution in [2.24, 2.45) is 0 Å². The normalized spacial score (nSPS) is 10.4. The first-order chi connectivity index (χ1) is 7.68. The number of furan rings is 1. The van der Waals surface area contributed by atoms with Gasteiger partial charge < -0.3 is 4.42 Å². The van der Waals surface area contributed by atoms with Crippen LogP contribution in [0.25, 0.3) is 0 Å². The van der Waals surface area contributed by atoms with E-state index in [0.29, 0.717) is 5.56 Å². The van der Waals surface area contributed by atoms with Crippen LogP contribution in [-0.4, -0.2) is 5.78 Å². The summed E-state index contributed by atoms with van der Waals surface area (Å²) >= 11 is 3.07. The number of carbonyl (C=O) groups excluding carboxylic acids is 1. The van der Waals surface area contributed by atoms with Gasteiger partial charge in [-0.25, -0.2) is 4.39 Å². The second-order valence-electron chi connectivity index (χ2n) is 3.33. The van der Waals surface area contributed by atoms with E-state index in [2.05, 4.69) is 15.9 Å². The summed E-state index contributed by atoms with van der Waals surface area (Å²) in [5.41, 5.74) is 1.13. The fraction of sp³-hybridized carbons (Fsp3) is 0.0833. The second kappa shape index (κ2) is 4.61. The van der Waals surface area contributed by atoms with E-state index in [1.807, 2.05) is 0 Å². The molecule has 0 aliphatic carbocycles. The molecule has 2 nitrogen and oxygen atoms in total. The van der Waals surface area contributed by atoms with Crippen LogP contribution in [0, 0.1) is 5.82 Å². The van der Waals surface area contributed by atoms with Gasteiger partial charge >= 0.3 is 0 Å². The summed E-state index contributed by atoms with van der Waals surface area (Å²) in [6, 6.07) is 6.13. The summed E-state index contributed by atoms with van der Waals surface area (Å²) in [4.78, 5) is 11.8. The molecule has 16 heavy (non-hydrogen) atoms. The van der Waals surface area contributed by atoms with E-state index in [0.717, 1.165) is 5.56 Å². The van der Waals surface area contributed by atoms with Crippen LogP contribution in [0.15, 0.2) is 45.7 Å². The summed E-state index contributed by atoms with van der Waals surface area (Å²) in [7, 11) is 0. The number of hydrogen-bond donors (Lipinski definition) is 0. The van der Waals surface area contributed by atoms with Crippen molar-refractivity contribution in [1.82, 2.24) is 0 Å². The van der Waals surface area contributed by atoms with Crippen molar-refractivity contribution in [3.63, 3.8) is 0 Å². The van der Waals surface area contributed by atoms with E-state index < -0.39 is 5.82 Å². The third kappa shape index (κ3) is 2.22. The molecule has 0 saturated carbocycles. The highest BCUT2D eigenvalue weighted by Crippen LogP contribution is 2.22. The number of carbonyl (C=O) groups is 1. The largest absolute Gasteiger partial charge is 0.472 e. The van der Waals surface area contributed by atoms with Crippen molar-refractivity contribution >= 4 is 21.7 Å². The predicted octanol–water partition coefficient (Wildman–Crippen LogP) is 3.61. The van der Waals surface area contributed by atoms with Gasteiger partial charge in [0.2, 0.25) is 0 Å². The van der Waals surface area contributed by atoms with Gasteiger partial charge in [-0.15, -0.1) is 0 Å². The number of halogens is 2. The summed E-state index contributed by atoms with van der Waals surface area (Å²) in [6.45, 7) is 0. The molecule has 0 fully saturated rings. The maximum atomic E-state index is 13.2. The Hall–Kier alpha value is -1.42. The standard InChI is InChI=1S/C12H8BrFO2/c13-12-9(2-1-3-10(12)14)11(15)6-8-4-5-16-7-8/h1-5,7H,6H2. The molecule has 0 aliphatic heterocycles. The minimum atomic E-state index is -0.432. The van der Waals surface area contributed by atoms with E-state index in [9.17, 15) is 9.18 Å². The van der Waals surface area contributed by atoms with Crippen LogP contribution >= 0.6 is 15.9 Å². The molecule has 0 bridgehead atoms. The third-order valence-corrected chi connectivity index (χ3v) is 3.00. The lowest BCUT2D eigenvalue weighted by molar-refractivity contribution is 0.0991. The maximum absolute atomic E-state index is 13.2. The number of ketones is 1. The van der Waals surface area contributed by atoms with E-state index in [4.69, 9.17) is 4.42 Å². The molecule has 1 aromatic heterocycles. The molecule has 0 aliphatic rings. The zero-order chi connectivity index (χ0) is 11.5. The minimum Gasteiger partial charge on any atom is -0.472 e. The zero-order valence-corrected chi connectivity index (χ0v) is 9.83. The Morgan fingerprint density at radius 2 is 2.19 bits per heavy atom. The first-order valence-corrected chi connectivity index (χ1v) is 5.46. The lowest BCUT2D eigenvalue weighted by atomic mass is 10.1. The monoisotopic (exact) mass is 282 g/mol. The van der Waals surface area contributed by atoms with E-state index in [1.54, 1.807) is 12.1 Å². The highest BCUT2D eigenvalue weighted by atomic mass is 79.9. The molecule has 0 amide bonds. The third-order valence-electron chi connectivity index (χ3n) is 2.20. The first kappa shape index (κ1) is 11.1. The van der Waals surface area contributed by atoms with Crippen LogP contribution < -0.4 is 0 Å². The Kier molecular flexibility index (Phi) is 3.19. The minimum absolute atomic E-state index is 0.146.